The summed E-state index contributed by atoms with van der Waals surface area (Å²) in [5, 5.41) is 2.74. The molecule has 0 bridgehead atoms. The molecule has 0 saturated heterocycles. The summed E-state index contributed by atoms with van der Waals surface area (Å²) >= 11 is 0. The Hall–Kier alpha value is -1.79. The fraction of sp³-hybridized carbons (Fsp3) is 0.696. The molecule has 168 valence electrons. The second-order valence-electron chi connectivity index (χ2n) is 6.96. The lowest BCUT2D eigenvalue weighted by Crippen LogP contribution is -2.36. The van der Waals surface area contributed by atoms with E-state index in [1.165, 1.54) is 24.7 Å². The Morgan fingerprint density at radius 1 is 1.07 bits per heavy atom. The van der Waals surface area contributed by atoms with Crippen LogP contribution in [0.2, 0.25) is 0 Å². The van der Waals surface area contributed by atoms with E-state index >= 15 is 0 Å². The molecule has 1 amide bonds. The van der Waals surface area contributed by atoms with E-state index in [2.05, 4.69) is 79.6 Å². The SMILES string of the molecule is CCC.CCN(CC)Cc1cc(C(C)N(CC)CCNC(=O)OC)ccc1OC. The summed E-state index contributed by atoms with van der Waals surface area (Å²) in [6, 6.07) is 6.69. The predicted molar refractivity (Wildman–Crippen MR) is 122 cm³/mol. The summed E-state index contributed by atoms with van der Waals surface area (Å²) in [5.74, 6) is 0.934. The molecule has 6 nitrogen and oxygen atoms in total. The zero-order chi connectivity index (χ0) is 22.2. The number of carbonyl (C=O) groups is 1. The first-order chi connectivity index (χ1) is 13.9. The fourth-order valence-electron chi connectivity index (χ4n) is 3.08. The van der Waals surface area contributed by atoms with Crippen molar-refractivity contribution in [2.45, 2.75) is 60.5 Å². The summed E-state index contributed by atoms with van der Waals surface area (Å²) in [6.07, 6.45) is 0.861. The number of benzene rings is 1. The van der Waals surface area contributed by atoms with E-state index in [0.29, 0.717) is 6.54 Å². The van der Waals surface area contributed by atoms with Gasteiger partial charge in [-0.2, -0.15) is 0 Å². The van der Waals surface area contributed by atoms with Crippen LogP contribution in [0.25, 0.3) is 0 Å². The molecule has 1 aromatic rings. The molecule has 0 heterocycles. The number of likely N-dealkylation sites (N-methyl/N-ethyl adjacent to an activating group) is 1. The van der Waals surface area contributed by atoms with Gasteiger partial charge in [0.15, 0.2) is 0 Å². The number of nitrogens with zero attached hydrogens (tertiary/aromatic N) is 2. The number of hydrogen-bond acceptors (Lipinski definition) is 5. The highest BCUT2D eigenvalue weighted by Crippen LogP contribution is 2.27. The number of alkyl carbamates (subject to hydrolysis) is 1. The molecular formula is C23H43N3O3. The van der Waals surface area contributed by atoms with Crippen LogP contribution in [0.15, 0.2) is 18.2 Å². The van der Waals surface area contributed by atoms with Gasteiger partial charge in [-0.05, 0) is 44.3 Å². The third kappa shape index (κ3) is 9.99. The Balaban J connectivity index is 0.00000245. The molecule has 0 fully saturated rings. The minimum absolute atomic E-state index is 0.251. The molecule has 1 atom stereocenters. The van der Waals surface area contributed by atoms with Gasteiger partial charge in [0.05, 0.1) is 14.2 Å². The number of hydrogen-bond donors (Lipinski definition) is 1. The molecule has 6 heteroatoms. The predicted octanol–water partition coefficient (Wildman–Crippen LogP) is 4.69. The second kappa shape index (κ2) is 16.1. The molecular weight excluding hydrogens is 366 g/mol. The van der Waals surface area contributed by atoms with Gasteiger partial charge in [0.1, 0.15) is 5.75 Å². The van der Waals surface area contributed by atoms with Gasteiger partial charge in [-0.25, -0.2) is 4.79 Å². The molecule has 1 unspecified atom stereocenters. The van der Waals surface area contributed by atoms with Gasteiger partial charge in [-0.15, -0.1) is 0 Å². The monoisotopic (exact) mass is 409 g/mol. The van der Waals surface area contributed by atoms with Crippen LogP contribution in [-0.2, 0) is 11.3 Å². The number of amides is 1. The van der Waals surface area contributed by atoms with Gasteiger partial charge in [0.25, 0.3) is 0 Å². The third-order valence-electron chi connectivity index (χ3n) is 4.88. The van der Waals surface area contributed by atoms with Crippen LogP contribution in [0.3, 0.4) is 0 Å². The Bertz CT molecular complexity index is 562. The lowest BCUT2D eigenvalue weighted by molar-refractivity contribution is 0.165. The van der Waals surface area contributed by atoms with Crippen molar-refractivity contribution in [3.05, 3.63) is 29.3 Å². The van der Waals surface area contributed by atoms with Gasteiger partial charge >= 0.3 is 6.09 Å². The summed E-state index contributed by atoms with van der Waals surface area (Å²) in [4.78, 5) is 15.9. The lowest BCUT2D eigenvalue weighted by atomic mass is 10.0. The summed E-state index contributed by atoms with van der Waals surface area (Å²) in [7, 11) is 3.10. The van der Waals surface area contributed by atoms with Crippen LogP contribution in [0, 0.1) is 0 Å². The summed E-state index contributed by atoms with van der Waals surface area (Å²) in [5.41, 5.74) is 2.47. The van der Waals surface area contributed by atoms with E-state index in [0.717, 1.165) is 38.5 Å². The molecule has 0 saturated carbocycles. The average Bonchev–Trinajstić information content (AvgIpc) is 2.74. The maximum Gasteiger partial charge on any atom is 0.406 e. The van der Waals surface area contributed by atoms with Crippen molar-refractivity contribution in [1.82, 2.24) is 15.1 Å². The minimum atomic E-state index is -0.389. The van der Waals surface area contributed by atoms with Crippen molar-refractivity contribution < 1.29 is 14.3 Å². The lowest BCUT2D eigenvalue weighted by Gasteiger charge is -2.29. The number of ether oxygens (including phenoxy) is 2. The number of nitrogens with one attached hydrogen (secondary N) is 1. The van der Waals surface area contributed by atoms with Gasteiger partial charge in [-0.3, -0.25) is 9.80 Å². The van der Waals surface area contributed by atoms with Crippen LogP contribution in [0.1, 0.15) is 65.1 Å². The minimum Gasteiger partial charge on any atom is -0.496 e. The van der Waals surface area contributed by atoms with E-state index in [1.54, 1.807) is 7.11 Å². The standard InChI is InChI=1S/C20H35N3O3.C3H8/c1-7-22(8-2)15-18-14-17(10-11-19(18)25-5)16(4)23(9-3)13-12-21-20(24)26-6;1-3-2/h10-11,14,16H,7-9,12-13,15H2,1-6H3,(H,21,24);3H2,1-2H3. The Kier molecular flexibility index (Phi) is 15.1. The van der Waals surface area contributed by atoms with Crippen LogP contribution < -0.4 is 10.1 Å². The van der Waals surface area contributed by atoms with Crippen molar-refractivity contribution in [2.75, 3.05) is 46.9 Å². The van der Waals surface area contributed by atoms with Crippen molar-refractivity contribution in [2.24, 2.45) is 0 Å². The first-order valence-electron chi connectivity index (χ1n) is 10.9. The highest BCUT2D eigenvalue weighted by molar-refractivity contribution is 5.66. The topological polar surface area (TPSA) is 54.0 Å². The van der Waals surface area contributed by atoms with E-state index in [9.17, 15) is 4.79 Å². The van der Waals surface area contributed by atoms with Crippen LogP contribution in [0.5, 0.6) is 5.75 Å². The fourth-order valence-corrected chi connectivity index (χ4v) is 3.08. The van der Waals surface area contributed by atoms with Crippen molar-refractivity contribution in [3.8, 4) is 5.75 Å². The van der Waals surface area contributed by atoms with E-state index in [-0.39, 0.29) is 12.1 Å². The first-order valence-corrected chi connectivity index (χ1v) is 10.9. The van der Waals surface area contributed by atoms with Crippen LogP contribution >= 0.6 is 0 Å². The molecule has 1 rings (SSSR count). The van der Waals surface area contributed by atoms with Gasteiger partial charge in [0.2, 0.25) is 0 Å². The Morgan fingerprint density at radius 2 is 1.69 bits per heavy atom. The molecule has 1 N–H and O–H groups in total. The molecule has 0 aliphatic rings. The normalized spacial score (nSPS) is 11.7. The smallest absolute Gasteiger partial charge is 0.406 e. The van der Waals surface area contributed by atoms with E-state index < -0.39 is 0 Å². The molecule has 0 radical (unpaired) electrons. The van der Waals surface area contributed by atoms with Gasteiger partial charge < -0.3 is 14.8 Å². The third-order valence-corrected chi connectivity index (χ3v) is 4.88. The number of rotatable bonds is 11. The number of methoxy groups -OCH3 is 2. The average molecular weight is 410 g/mol. The zero-order valence-corrected chi connectivity index (χ0v) is 19.9. The molecule has 0 aliphatic carbocycles. The quantitative estimate of drug-likeness (QED) is 0.574. The second-order valence-corrected chi connectivity index (χ2v) is 6.96. The molecule has 0 aliphatic heterocycles. The van der Waals surface area contributed by atoms with Crippen molar-refractivity contribution in [3.63, 3.8) is 0 Å². The largest absolute Gasteiger partial charge is 0.496 e. The summed E-state index contributed by atoms with van der Waals surface area (Å²) < 4.78 is 10.2. The van der Waals surface area contributed by atoms with Gasteiger partial charge in [-0.1, -0.05) is 47.1 Å². The number of carbonyl (C=O) groups excluding carboxylic acids is 1. The van der Waals surface area contributed by atoms with E-state index in [1.807, 2.05) is 0 Å². The van der Waals surface area contributed by atoms with Crippen molar-refractivity contribution >= 4 is 6.09 Å². The highest BCUT2D eigenvalue weighted by atomic mass is 16.5. The Morgan fingerprint density at radius 3 is 2.17 bits per heavy atom. The maximum atomic E-state index is 11.2. The van der Waals surface area contributed by atoms with E-state index in [4.69, 9.17) is 4.74 Å². The van der Waals surface area contributed by atoms with Crippen molar-refractivity contribution in [1.29, 1.82) is 0 Å². The molecule has 29 heavy (non-hydrogen) atoms. The Labute approximate surface area is 178 Å². The van der Waals surface area contributed by atoms with Crippen LogP contribution in [-0.4, -0.2) is 62.8 Å². The highest BCUT2D eigenvalue weighted by Gasteiger charge is 2.17. The van der Waals surface area contributed by atoms with Gasteiger partial charge in [0, 0.05) is 31.2 Å². The zero-order valence-electron chi connectivity index (χ0n) is 19.9. The maximum absolute atomic E-state index is 11.2. The first kappa shape index (κ1) is 27.2. The summed E-state index contributed by atoms with van der Waals surface area (Å²) in [6.45, 7) is 18.1. The molecule has 1 aromatic carbocycles. The van der Waals surface area contributed by atoms with Crippen LogP contribution in [0.4, 0.5) is 4.79 Å². The molecule has 0 aromatic heterocycles. The molecule has 0 spiro atoms.